The Kier molecular flexibility index (Phi) is 3.05. The number of rotatable bonds is 1. The number of nitrogens with two attached hydrogens (primary N) is 1. The Morgan fingerprint density at radius 2 is 1.88 bits per heavy atom. The molecule has 0 radical (unpaired) electrons. The van der Waals surface area contributed by atoms with E-state index in [9.17, 15) is 4.39 Å². The molecule has 0 fully saturated rings. The van der Waals surface area contributed by atoms with Crippen LogP contribution in [0.25, 0.3) is 10.8 Å². The van der Waals surface area contributed by atoms with Crippen LogP contribution < -0.4 is 10.5 Å². The Balaban J connectivity index is 1.88. The number of benzene rings is 3. The van der Waals surface area contributed by atoms with Crippen molar-refractivity contribution in [2.75, 3.05) is 5.73 Å². The Morgan fingerprint density at radius 1 is 1.00 bits per heavy atom. The lowest BCUT2D eigenvalue weighted by atomic mass is 9.81. The van der Waals surface area contributed by atoms with Gasteiger partial charge < -0.3 is 10.5 Å². The van der Waals surface area contributed by atoms with Crippen LogP contribution in [0, 0.1) is 5.82 Å². The Morgan fingerprint density at radius 3 is 2.76 bits per heavy atom. The summed E-state index contributed by atoms with van der Waals surface area (Å²) in [4.78, 5) is 0. The molecule has 4 aromatic rings. The number of hydrogen-bond donors (Lipinski definition) is 1. The van der Waals surface area contributed by atoms with E-state index < -0.39 is 0 Å². The highest BCUT2D eigenvalue weighted by Gasteiger charge is 2.34. The molecule has 1 atom stereocenters. The summed E-state index contributed by atoms with van der Waals surface area (Å²) in [6.07, 6.45) is 0. The second-order valence-corrected chi connectivity index (χ2v) is 6.86. The zero-order valence-corrected chi connectivity index (χ0v) is 13.9. The Bertz CT molecular complexity index is 1120. The van der Waals surface area contributed by atoms with Gasteiger partial charge in [-0.3, -0.25) is 0 Å². The van der Waals surface area contributed by atoms with Gasteiger partial charge in [0.15, 0.2) is 0 Å². The molecule has 0 spiro atoms. The molecule has 0 amide bonds. The van der Waals surface area contributed by atoms with Crippen LogP contribution in [0.4, 0.5) is 9.39 Å². The van der Waals surface area contributed by atoms with E-state index in [1.807, 2.05) is 30.3 Å². The van der Waals surface area contributed by atoms with Crippen molar-refractivity contribution in [1.29, 1.82) is 0 Å². The van der Waals surface area contributed by atoms with E-state index in [1.54, 1.807) is 12.1 Å². The third-order valence-electron chi connectivity index (χ3n) is 4.62. The van der Waals surface area contributed by atoms with Crippen molar-refractivity contribution < 1.29 is 9.13 Å². The van der Waals surface area contributed by atoms with Crippen LogP contribution in [0.3, 0.4) is 0 Å². The third-order valence-corrected chi connectivity index (χ3v) is 5.29. The lowest BCUT2D eigenvalue weighted by molar-refractivity contribution is 0.442. The van der Waals surface area contributed by atoms with E-state index in [0.717, 1.165) is 33.2 Å². The fraction of sp³-hybridized carbons (Fsp3) is 0.0500. The van der Waals surface area contributed by atoms with Gasteiger partial charge in [-0.05, 0) is 46.1 Å². The van der Waals surface area contributed by atoms with Crippen LogP contribution in [-0.2, 0) is 0 Å². The van der Waals surface area contributed by atoms with Crippen LogP contribution in [0.1, 0.15) is 22.6 Å². The van der Waals surface area contributed by atoms with Crippen LogP contribution in [-0.4, -0.2) is 4.37 Å². The summed E-state index contributed by atoms with van der Waals surface area (Å²) >= 11 is 1.21. The first kappa shape index (κ1) is 14.4. The molecule has 0 bridgehead atoms. The number of aromatic nitrogens is 1. The van der Waals surface area contributed by atoms with E-state index in [4.69, 9.17) is 10.5 Å². The van der Waals surface area contributed by atoms with Gasteiger partial charge in [-0.15, -0.1) is 0 Å². The molecule has 122 valence electrons. The standard InChI is InChI=1S/C20H13FN2OS/c21-13-6-3-5-12(10-13)16-17-14-7-2-1-4-11(14)8-9-15(17)24-20-18(16)19(22)25-23-20/h1-10,16H,22H2/t16-/m1/s1. The minimum atomic E-state index is -0.269. The second kappa shape index (κ2) is 5.29. The molecule has 0 saturated heterocycles. The average Bonchev–Trinajstić information content (AvgIpc) is 3.00. The summed E-state index contributed by atoms with van der Waals surface area (Å²) in [5.41, 5.74) is 8.87. The first-order chi connectivity index (χ1) is 12.2. The summed E-state index contributed by atoms with van der Waals surface area (Å²) < 4.78 is 24.3. The topological polar surface area (TPSA) is 48.1 Å². The number of halogens is 1. The molecule has 5 rings (SSSR count). The quantitative estimate of drug-likeness (QED) is 0.447. The van der Waals surface area contributed by atoms with Crippen LogP contribution in [0.5, 0.6) is 11.6 Å². The van der Waals surface area contributed by atoms with Gasteiger partial charge in [-0.2, -0.15) is 4.37 Å². The van der Waals surface area contributed by atoms with E-state index in [0.29, 0.717) is 10.9 Å². The summed E-state index contributed by atoms with van der Waals surface area (Å²) in [7, 11) is 0. The molecule has 5 heteroatoms. The van der Waals surface area contributed by atoms with E-state index in [1.165, 1.54) is 17.6 Å². The average molecular weight is 348 g/mol. The number of nitrogen functional groups attached to an aromatic ring is 1. The molecule has 2 heterocycles. The molecule has 25 heavy (non-hydrogen) atoms. The number of hydrogen-bond acceptors (Lipinski definition) is 4. The summed E-state index contributed by atoms with van der Waals surface area (Å²) in [5.74, 6) is 0.777. The molecule has 1 aliphatic heterocycles. The minimum Gasteiger partial charge on any atom is -0.437 e. The molecular formula is C20H13FN2OS. The lowest BCUT2D eigenvalue weighted by Crippen LogP contribution is -2.13. The lowest BCUT2D eigenvalue weighted by Gasteiger charge is -2.27. The van der Waals surface area contributed by atoms with Crippen molar-refractivity contribution in [2.45, 2.75) is 5.92 Å². The maximum absolute atomic E-state index is 13.9. The first-order valence-corrected chi connectivity index (χ1v) is 8.70. The van der Waals surface area contributed by atoms with E-state index in [2.05, 4.69) is 16.5 Å². The number of anilines is 1. The molecule has 2 N–H and O–H groups in total. The Labute approximate surface area is 147 Å². The highest BCUT2D eigenvalue weighted by atomic mass is 32.1. The zero-order chi connectivity index (χ0) is 17.0. The Hall–Kier alpha value is -2.92. The summed E-state index contributed by atoms with van der Waals surface area (Å²) in [6.45, 7) is 0. The maximum atomic E-state index is 13.9. The molecule has 1 aliphatic rings. The van der Waals surface area contributed by atoms with Crippen molar-refractivity contribution in [1.82, 2.24) is 4.37 Å². The van der Waals surface area contributed by atoms with Crippen molar-refractivity contribution in [3.63, 3.8) is 0 Å². The van der Waals surface area contributed by atoms with Gasteiger partial charge in [0.25, 0.3) is 0 Å². The van der Waals surface area contributed by atoms with Crippen molar-refractivity contribution in [2.24, 2.45) is 0 Å². The predicted octanol–water partition coefficient (Wildman–Crippen LogP) is 5.30. The molecule has 1 aromatic heterocycles. The van der Waals surface area contributed by atoms with Crippen LogP contribution in [0.2, 0.25) is 0 Å². The first-order valence-electron chi connectivity index (χ1n) is 7.92. The fourth-order valence-corrected chi connectivity index (χ4v) is 4.18. The predicted molar refractivity (Wildman–Crippen MR) is 97.9 cm³/mol. The van der Waals surface area contributed by atoms with Gasteiger partial charge in [-0.1, -0.05) is 42.5 Å². The van der Waals surface area contributed by atoms with Crippen LogP contribution in [0.15, 0.2) is 60.7 Å². The fourth-order valence-electron chi connectivity index (χ4n) is 3.56. The molecular weight excluding hydrogens is 335 g/mol. The molecule has 3 nitrogen and oxygen atoms in total. The number of nitrogens with zero attached hydrogens (tertiary/aromatic N) is 1. The van der Waals surface area contributed by atoms with Gasteiger partial charge >= 0.3 is 0 Å². The van der Waals surface area contributed by atoms with Gasteiger partial charge in [0.2, 0.25) is 5.88 Å². The highest BCUT2D eigenvalue weighted by Crippen LogP contribution is 2.52. The SMILES string of the molecule is Nc1snc2c1[C@H](c1cccc(F)c1)c1c(ccc3ccccc13)O2. The van der Waals surface area contributed by atoms with Gasteiger partial charge in [0.05, 0.1) is 5.56 Å². The van der Waals surface area contributed by atoms with Gasteiger partial charge in [-0.25, -0.2) is 4.39 Å². The van der Waals surface area contributed by atoms with E-state index in [-0.39, 0.29) is 11.7 Å². The van der Waals surface area contributed by atoms with Crippen molar-refractivity contribution >= 4 is 27.3 Å². The molecule has 0 unspecified atom stereocenters. The normalized spacial score (nSPS) is 15.5. The number of fused-ring (bicyclic) bond motifs is 4. The van der Waals surface area contributed by atoms with Crippen molar-refractivity contribution in [3.05, 3.63) is 83.2 Å². The van der Waals surface area contributed by atoms with E-state index >= 15 is 0 Å². The minimum absolute atomic E-state index is 0.209. The smallest absolute Gasteiger partial charge is 0.237 e. The van der Waals surface area contributed by atoms with Gasteiger partial charge in [0.1, 0.15) is 16.6 Å². The summed E-state index contributed by atoms with van der Waals surface area (Å²) in [5, 5.41) is 2.78. The highest BCUT2D eigenvalue weighted by molar-refractivity contribution is 7.10. The molecule has 3 aromatic carbocycles. The largest absolute Gasteiger partial charge is 0.437 e. The van der Waals surface area contributed by atoms with Crippen LogP contribution >= 0.6 is 11.5 Å². The number of ether oxygens (including phenoxy) is 1. The monoisotopic (exact) mass is 348 g/mol. The maximum Gasteiger partial charge on any atom is 0.237 e. The molecule has 0 saturated carbocycles. The molecule has 0 aliphatic carbocycles. The van der Waals surface area contributed by atoms with Gasteiger partial charge in [0, 0.05) is 11.5 Å². The zero-order valence-electron chi connectivity index (χ0n) is 13.1. The van der Waals surface area contributed by atoms with Crippen molar-refractivity contribution in [3.8, 4) is 11.6 Å². The second-order valence-electron chi connectivity index (χ2n) is 6.05. The summed E-state index contributed by atoms with van der Waals surface area (Å²) in [6, 6.07) is 18.7. The third kappa shape index (κ3) is 2.13.